The molecule has 2 N–H and O–H groups in total. The number of hydrogen-bond acceptors (Lipinski definition) is 6. The Morgan fingerprint density at radius 3 is 2.62 bits per heavy atom. The number of amidine groups is 1. The summed E-state index contributed by atoms with van der Waals surface area (Å²) < 4.78 is 26.2. The van der Waals surface area contributed by atoms with Gasteiger partial charge < -0.3 is 15.2 Å². The summed E-state index contributed by atoms with van der Waals surface area (Å²) in [6.07, 6.45) is 7.19. The highest BCUT2D eigenvalue weighted by Gasteiger charge is 2.47. The van der Waals surface area contributed by atoms with E-state index in [0.29, 0.717) is 22.6 Å². The van der Waals surface area contributed by atoms with Crippen molar-refractivity contribution < 1.29 is 13.9 Å². The van der Waals surface area contributed by atoms with Crippen LogP contribution in [-0.2, 0) is 10.3 Å². The monoisotopic (exact) mass is 430 g/mol. The van der Waals surface area contributed by atoms with Gasteiger partial charge in [-0.05, 0) is 47.4 Å². The van der Waals surface area contributed by atoms with E-state index in [1.165, 1.54) is 6.20 Å². The van der Waals surface area contributed by atoms with Crippen LogP contribution in [-0.4, -0.2) is 22.6 Å². The molecule has 32 heavy (non-hydrogen) atoms. The Kier molecular flexibility index (Phi) is 4.51. The summed E-state index contributed by atoms with van der Waals surface area (Å²) in [4.78, 5) is 13.0. The first-order valence-corrected chi connectivity index (χ1v) is 10.4. The quantitative estimate of drug-likeness (QED) is 0.576. The molecule has 0 saturated carbocycles. The number of hydrogen-bond donors (Lipinski definition) is 1. The Morgan fingerprint density at radius 2 is 1.91 bits per heavy atom. The van der Waals surface area contributed by atoms with Gasteiger partial charge in [-0.2, -0.15) is 4.39 Å². The molecule has 6 nitrogen and oxygen atoms in total. The molecular weight excluding hydrogens is 407 g/mol. The van der Waals surface area contributed by atoms with Gasteiger partial charge >= 0.3 is 0 Å². The summed E-state index contributed by atoms with van der Waals surface area (Å²) in [6, 6.07) is 10.9. The number of benzene rings is 1. The minimum absolute atomic E-state index is 0.0140. The van der Waals surface area contributed by atoms with Crippen LogP contribution in [0.25, 0.3) is 17.2 Å². The van der Waals surface area contributed by atoms with Gasteiger partial charge in [-0.1, -0.05) is 32.9 Å². The highest BCUT2D eigenvalue weighted by Crippen LogP contribution is 2.51. The smallest absolute Gasteiger partial charge is 0.283 e. The average molecular weight is 430 g/mol. The van der Waals surface area contributed by atoms with Gasteiger partial charge in [-0.25, -0.2) is 9.98 Å². The molecule has 2 aliphatic rings. The third-order valence-corrected chi connectivity index (χ3v) is 5.53. The second-order valence-corrected chi connectivity index (χ2v) is 9.06. The number of aliphatic imine (C=N–C) groups is 1. The molecule has 4 heterocycles. The Labute approximate surface area is 185 Å². The van der Waals surface area contributed by atoms with E-state index in [0.717, 1.165) is 16.8 Å². The topological polar surface area (TPSA) is 82.6 Å². The Morgan fingerprint density at radius 1 is 1.09 bits per heavy atom. The lowest BCUT2D eigenvalue weighted by atomic mass is 9.80. The minimum Gasteiger partial charge on any atom is -0.462 e. The molecular formula is C25H23FN4O2. The van der Waals surface area contributed by atoms with E-state index in [9.17, 15) is 4.39 Å². The molecule has 3 aromatic rings. The lowest BCUT2D eigenvalue weighted by molar-refractivity contribution is 0.264. The SMILES string of the molecule is CC(C)(C)C=Cc1cc2c(cn1)Oc1ccc(-c3cccnc3F)cc1[C@@]21COC(N)=N1. The second kappa shape index (κ2) is 7.15. The van der Waals surface area contributed by atoms with Crippen LogP contribution in [0.5, 0.6) is 11.5 Å². The van der Waals surface area contributed by atoms with E-state index in [1.807, 2.05) is 18.2 Å². The Balaban J connectivity index is 1.68. The minimum atomic E-state index is -0.908. The fourth-order valence-electron chi connectivity index (χ4n) is 3.97. The van der Waals surface area contributed by atoms with Crippen LogP contribution in [0.15, 0.2) is 59.9 Å². The molecule has 0 amide bonds. The van der Waals surface area contributed by atoms with Gasteiger partial charge in [-0.15, -0.1) is 0 Å². The maximum Gasteiger partial charge on any atom is 0.283 e. The summed E-state index contributed by atoms with van der Waals surface area (Å²) >= 11 is 0. The number of aromatic nitrogens is 2. The van der Waals surface area contributed by atoms with Gasteiger partial charge in [0.1, 0.15) is 12.4 Å². The van der Waals surface area contributed by atoms with Crippen LogP contribution in [0.3, 0.4) is 0 Å². The van der Waals surface area contributed by atoms with Crippen LogP contribution < -0.4 is 10.5 Å². The van der Waals surface area contributed by atoms with Crippen molar-refractivity contribution in [2.75, 3.05) is 6.61 Å². The number of pyridine rings is 2. The molecule has 0 bridgehead atoms. The third-order valence-electron chi connectivity index (χ3n) is 5.53. The number of halogens is 1. The zero-order valence-corrected chi connectivity index (χ0v) is 18.1. The van der Waals surface area contributed by atoms with Crippen molar-refractivity contribution in [3.8, 4) is 22.6 Å². The second-order valence-electron chi connectivity index (χ2n) is 9.06. The fraction of sp³-hybridized carbons (Fsp3) is 0.240. The van der Waals surface area contributed by atoms with Gasteiger partial charge in [0.2, 0.25) is 5.95 Å². The molecule has 162 valence electrons. The van der Waals surface area contributed by atoms with Gasteiger partial charge in [0.25, 0.3) is 6.02 Å². The number of nitrogens with two attached hydrogens (primary N) is 1. The van der Waals surface area contributed by atoms with Gasteiger partial charge in [-0.3, -0.25) is 4.98 Å². The van der Waals surface area contributed by atoms with Gasteiger partial charge in [0.05, 0.1) is 11.9 Å². The predicted molar refractivity (Wildman–Crippen MR) is 121 cm³/mol. The van der Waals surface area contributed by atoms with Crippen LogP contribution in [0, 0.1) is 11.4 Å². The number of nitrogens with zero attached hydrogens (tertiary/aromatic N) is 3. The van der Waals surface area contributed by atoms with Crippen molar-refractivity contribution >= 4 is 12.1 Å². The van der Waals surface area contributed by atoms with E-state index in [1.54, 1.807) is 30.5 Å². The maximum absolute atomic E-state index is 14.4. The van der Waals surface area contributed by atoms with Crippen molar-refractivity contribution in [3.63, 3.8) is 0 Å². The van der Waals surface area contributed by atoms with Crippen molar-refractivity contribution in [2.45, 2.75) is 26.3 Å². The summed E-state index contributed by atoms with van der Waals surface area (Å²) in [5, 5.41) is 0. The van der Waals surface area contributed by atoms with E-state index in [-0.39, 0.29) is 18.0 Å². The average Bonchev–Trinajstić information content (AvgIpc) is 3.15. The number of rotatable bonds is 2. The molecule has 0 saturated heterocycles. The molecule has 1 spiro atoms. The van der Waals surface area contributed by atoms with Crippen LogP contribution in [0.4, 0.5) is 4.39 Å². The van der Waals surface area contributed by atoms with Crippen molar-refractivity contribution in [1.82, 2.24) is 9.97 Å². The molecule has 0 fully saturated rings. The molecule has 2 aromatic heterocycles. The molecule has 0 aliphatic carbocycles. The third kappa shape index (κ3) is 3.39. The molecule has 1 atom stereocenters. The van der Waals surface area contributed by atoms with Crippen molar-refractivity contribution in [1.29, 1.82) is 0 Å². The van der Waals surface area contributed by atoms with Gasteiger partial charge in [0.15, 0.2) is 11.3 Å². The van der Waals surface area contributed by atoms with E-state index in [4.69, 9.17) is 20.2 Å². The predicted octanol–water partition coefficient (Wildman–Crippen LogP) is 5.04. The number of allylic oxidation sites excluding steroid dienone is 1. The molecule has 0 radical (unpaired) electrons. The van der Waals surface area contributed by atoms with Crippen molar-refractivity contribution in [3.05, 3.63) is 77.6 Å². The van der Waals surface area contributed by atoms with Crippen LogP contribution in [0.1, 0.15) is 37.6 Å². The first-order valence-electron chi connectivity index (χ1n) is 10.4. The zero-order valence-electron chi connectivity index (χ0n) is 18.1. The first-order chi connectivity index (χ1) is 15.2. The van der Waals surface area contributed by atoms with Crippen molar-refractivity contribution in [2.24, 2.45) is 16.1 Å². The molecule has 7 heteroatoms. The Hall–Kier alpha value is -3.74. The summed E-state index contributed by atoms with van der Waals surface area (Å²) in [5.41, 5.74) is 8.48. The lowest BCUT2D eigenvalue weighted by Gasteiger charge is -2.33. The van der Waals surface area contributed by atoms with Gasteiger partial charge in [0, 0.05) is 22.9 Å². The normalized spacial score (nSPS) is 19.3. The first kappa shape index (κ1) is 20.2. The fourth-order valence-corrected chi connectivity index (χ4v) is 3.97. The summed E-state index contributed by atoms with van der Waals surface area (Å²) in [6.45, 7) is 6.58. The Bertz CT molecular complexity index is 1280. The number of ether oxygens (including phenoxy) is 2. The van der Waals surface area contributed by atoms with E-state index in [2.05, 4.69) is 36.8 Å². The van der Waals surface area contributed by atoms with Crippen LogP contribution >= 0.6 is 0 Å². The van der Waals surface area contributed by atoms with E-state index < -0.39 is 11.5 Å². The molecule has 1 aromatic carbocycles. The summed E-state index contributed by atoms with van der Waals surface area (Å²) in [5.74, 6) is 0.656. The molecule has 0 unspecified atom stereocenters. The highest BCUT2D eigenvalue weighted by molar-refractivity contribution is 5.78. The van der Waals surface area contributed by atoms with E-state index >= 15 is 0 Å². The maximum atomic E-state index is 14.4. The largest absolute Gasteiger partial charge is 0.462 e. The highest BCUT2D eigenvalue weighted by atomic mass is 19.1. The lowest BCUT2D eigenvalue weighted by Crippen LogP contribution is -2.31. The zero-order chi connectivity index (χ0) is 22.5. The standard InChI is InChI=1S/C25H23FN4O2/c1-24(2,3)9-8-16-12-19-21(13-29-16)32-20-7-6-15(17-5-4-10-28-22(17)26)11-18(20)25(19)14-31-23(27)30-25/h4-13H,14H2,1-3H3,(H2,27,30)/t25-/m0/s1. The molecule has 5 rings (SSSR count). The number of fused-ring (bicyclic) bond motifs is 4. The summed E-state index contributed by atoms with van der Waals surface area (Å²) in [7, 11) is 0. The van der Waals surface area contributed by atoms with Crippen LogP contribution in [0.2, 0.25) is 0 Å². The molecule has 2 aliphatic heterocycles.